The topological polar surface area (TPSA) is 141 Å². The van der Waals surface area contributed by atoms with E-state index < -0.39 is 29.8 Å². The van der Waals surface area contributed by atoms with Crippen molar-refractivity contribution in [3.63, 3.8) is 0 Å². The van der Waals surface area contributed by atoms with Gasteiger partial charge in [-0.1, -0.05) is 51.2 Å². The van der Waals surface area contributed by atoms with E-state index >= 15 is 0 Å². The van der Waals surface area contributed by atoms with Gasteiger partial charge in [-0.2, -0.15) is 0 Å². The van der Waals surface area contributed by atoms with Crippen LogP contribution in [0.1, 0.15) is 84.5 Å². The summed E-state index contributed by atoms with van der Waals surface area (Å²) in [6, 6.07) is 0. The maximum absolute atomic E-state index is 11.7. The first-order valence-electron chi connectivity index (χ1n) is 10.4. The van der Waals surface area contributed by atoms with Gasteiger partial charge in [-0.25, -0.2) is 0 Å². The fraction of sp³-hybridized carbons (Fsp3) is 0.810. The summed E-state index contributed by atoms with van der Waals surface area (Å²) < 4.78 is 0. The lowest BCUT2D eigenvalue weighted by Crippen LogP contribution is -2.61. The number of rotatable bonds is 17. The molecule has 0 heterocycles. The van der Waals surface area contributed by atoms with Crippen LogP contribution in [-0.4, -0.2) is 56.0 Å². The van der Waals surface area contributed by atoms with Crippen LogP contribution in [0.3, 0.4) is 0 Å². The van der Waals surface area contributed by atoms with Crippen LogP contribution in [0.15, 0.2) is 12.2 Å². The SMILES string of the molecule is CCCCCCC(=O)CCCCCCC=CC(O)C(O)C(O)C(C)(N)C(=O)O. The number of nitrogens with two attached hydrogens (primary N) is 1. The van der Waals surface area contributed by atoms with Gasteiger partial charge in [-0.3, -0.25) is 9.59 Å². The monoisotopic (exact) mass is 401 g/mol. The number of carboxylic acids is 1. The normalized spacial score (nSPS) is 17.2. The Balaban J connectivity index is 3.89. The Hall–Kier alpha value is -1.28. The summed E-state index contributed by atoms with van der Waals surface area (Å²) in [5, 5.41) is 38.5. The van der Waals surface area contributed by atoms with E-state index in [1.807, 2.05) is 0 Å². The minimum absolute atomic E-state index is 0.347. The Kier molecular flexibility index (Phi) is 14.0. The molecule has 4 unspecified atom stereocenters. The number of ketones is 1. The van der Waals surface area contributed by atoms with Crippen molar-refractivity contribution >= 4 is 11.8 Å². The smallest absolute Gasteiger partial charge is 0.326 e. The molecule has 6 N–H and O–H groups in total. The molecule has 4 atom stereocenters. The van der Waals surface area contributed by atoms with Gasteiger partial charge in [0.15, 0.2) is 0 Å². The second-order valence-corrected chi connectivity index (χ2v) is 7.74. The predicted octanol–water partition coefficient (Wildman–Crippen LogP) is 2.31. The lowest BCUT2D eigenvalue weighted by molar-refractivity contribution is -0.153. The lowest BCUT2D eigenvalue weighted by atomic mass is 9.89. The third kappa shape index (κ3) is 10.9. The maximum Gasteiger partial charge on any atom is 0.326 e. The number of allylic oxidation sites excluding steroid dienone is 1. The molecule has 0 aromatic heterocycles. The fourth-order valence-corrected chi connectivity index (χ4v) is 2.83. The number of Topliss-reactive ketones (excluding diaryl/α,β-unsaturated/α-hetero) is 1. The van der Waals surface area contributed by atoms with E-state index in [-0.39, 0.29) is 0 Å². The summed E-state index contributed by atoms with van der Waals surface area (Å²) in [5.41, 5.74) is 3.40. The summed E-state index contributed by atoms with van der Waals surface area (Å²) in [7, 11) is 0. The molecule has 0 bridgehead atoms. The molecule has 0 saturated heterocycles. The molecule has 0 spiro atoms. The molecule has 0 aromatic carbocycles. The van der Waals surface area contributed by atoms with Crippen molar-refractivity contribution in [2.75, 3.05) is 0 Å². The molecule has 0 aliphatic carbocycles. The van der Waals surface area contributed by atoms with E-state index in [1.165, 1.54) is 18.9 Å². The van der Waals surface area contributed by atoms with Crippen LogP contribution in [0.4, 0.5) is 0 Å². The van der Waals surface area contributed by atoms with Crippen molar-refractivity contribution in [2.45, 2.75) is 108 Å². The Morgan fingerprint density at radius 3 is 2.04 bits per heavy atom. The molecule has 0 aromatic rings. The van der Waals surface area contributed by atoms with E-state index in [2.05, 4.69) is 6.92 Å². The minimum Gasteiger partial charge on any atom is -0.480 e. The number of unbranched alkanes of at least 4 members (excludes halogenated alkanes) is 7. The highest BCUT2D eigenvalue weighted by Crippen LogP contribution is 2.15. The lowest BCUT2D eigenvalue weighted by Gasteiger charge is -2.31. The molecule has 7 nitrogen and oxygen atoms in total. The number of aliphatic hydroxyl groups excluding tert-OH is 3. The van der Waals surface area contributed by atoms with E-state index in [0.717, 1.165) is 45.4 Å². The third-order valence-electron chi connectivity index (χ3n) is 4.97. The molecule has 28 heavy (non-hydrogen) atoms. The average molecular weight is 402 g/mol. The molecule has 0 aliphatic rings. The summed E-state index contributed by atoms with van der Waals surface area (Å²) in [6.45, 7) is 3.23. The highest BCUT2D eigenvalue weighted by molar-refractivity contribution is 5.79. The van der Waals surface area contributed by atoms with Crippen molar-refractivity contribution in [1.29, 1.82) is 0 Å². The molecule has 0 saturated carbocycles. The first kappa shape index (κ1) is 26.7. The van der Waals surface area contributed by atoms with Crippen molar-refractivity contribution < 1.29 is 30.0 Å². The van der Waals surface area contributed by atoms with Crippen LogP contribution in [0.5, 0.6) is 0 Å². The second kappa shape index (κ2) is 14.7. The van der Waals surface area contributed by atoms with Gasteiger partial charge in [-0.05, 0) is 32.6 Å². The van der Waals surface area contributed by atoms with Crippen molar-refractivity contribution in [1.82, 2.24) is 0 Å². The number of carbonyl (C=O) groups is 2. The molecule has 0 fully saturated rings. The summed E-state index contributed by atoms with van der Waals surface area (Å²) in [5.74, 6) is -1.12. The molecule has 0 aliphatic heterocycles. The summed E-state index contributed by atoms with van der Waals surface area (Å²) in [6.07, 6.45) is 8.38. The highest BCUT2D eigenvalue weighted by Gasteiger charge is 2.42. The fourth-order valence-electron chi connectivity index (χ4n) is 2.83. The number of aliphatic hydroxyl groups is 3. The van der Waals surface area contributed by atoms with E-state index in [4.69, 9.17) is 10.8 Å². The number of hydrogen-bond donors (Lipinski definition) is 5. The van der Waals surface area contributed by atoms with Crippen LogP contribution in [0, 0.1) is 0 Å². The first-order chi connectivity index (χ1) is 13.1. The van der Waals surface area contributed by atoms with Gasteiger partial charge >= 0.3 is 5.97 Å². The van der Waals surface area contributed by atoms with Gasteiger partial charge < -0.3 is 26.2 Å². The first-order valence-corrected chi connectivity index (χ1v) is 10.4. The van der Waals surface area contributed by atoms with Crippen LogP contribution < -0.4 is 5.73 Å². The Morgan fingerprint density at radius 2 is 1.50 bits per heavy atom. The van der Waals surface area contributed by atoms with Crippen LogP contribution in [-0.2, 0) is 9.59 Å². The Bertz CT molecular complexity index is 478. The molecule has 0 rings (SSSR count). The molecular formula is C21H39NO6. The number of aliphatic carboxylic acids is 1. The van der Waals surface area contributed by atoms with Crippen molar-refractivity contribution in [3.8, 4) is 0 Å². The second-order valence-electron chi connectivity index (χ2n) is 7.74. The van der Waals surface area contributed by atoms with Crippen LogP contribution in [0.2, 0.25) is 0 Å². The number of hydrogen-bond acceptors (Lipinski definition) is 6. The van der Waals surface area contributed by atoms with E-state index in [0.29, 0.717) is 25.0 Å². The Labute approximate surface area is 168 Å². The predicted molar refractivity (Wildman–Crippen MR) is 109 cm³/mol. The minimum atomic E-state index is -2.05. The van der Waals surface area contributed by atoms with Gasteiger partial charge in [0.25, 0.3) is 0 Å². The highest BCUT2D eigenvalue weighted by atomic mass is 16.4. The Morgan fingerprint density at radius 1 is 0.964 bits per heavy atom. The van der Waals surface area contributed by atoms with Crippen LogP contribution >= 0.6 is 0 Å². The zero-order valence-electron chi connectivity index (χ0n) is 17.3. The molecular weight excluding hydrogens is 362 g/mol. The van der Waals surface area contributed by atoms with Crippen molar-refractivity contribution in [3.05, 3.63) is 12.2 Å². The van der Waals surface area contributed by atoms with Gasteiger partial charge in [0, 0.05) is 12.8 Å². The van der Waals surface area contributed by atoms with Gasteiger partial charge in [0.1, 0.15) is 29.6 Å². The van der Waals surface area contributed by atoms with E-state index in [1.54, 1.807) is 6.08 Å². The zero-order chi connectivity index (χ0) is 21.6. The molecule has 0 amide bonds. The molecule has 164 valence electrons. The van der Waals surface area contributed by atoms with Gasteiger partial charge in [-0.15, -0.1) is 0 Å². The quantitative estimate of drug-likeness (QED) is 0.186. The standard InChI is InChI=1S/C21H39NO6/c1-3-4-5-10-13-16(23)14-11-8-6-7-9-12-15-17(24)18(25)19(26)21(2,22)20(27)28/h12,15,17-19,24-26H,3-11,13-14,22H2,1-2H3,(H,27,28). The summed E-state index contributed by atoms with van der Waals surface area (Å²) >= 11 is 0. The number of carbonyl (C=O) groups excluding carboxylic acids is 1. The zero-order valence-corrected chi connectivity index (χ0v) is 17.3. The number of carboxylic acid groups (broad SMARTS) is 1. The average Bonchev–Trinajstić information content (AvgIpc) is 2.65. The van der Waals surface area contributed by atoms with Crippen LogP contribution in [0.25, 0.3) is 0 Å². The third-order valence-corrected chi connectivity index (χ3v) is 4.97. The maximum atomic E-state index is 11.7. The van der Waals surface area contributed by atoms with Gasteiger partial charge in [0.05, 0.1) is 0 Å². The van der Waals surface area contributed by atoms with Gasteiger partial charge in [0.2, 0.25) is 0 Å². The summed E-state index contributed by atoms with van der Waals surface area (Å²) in [4.78, 5) is 22.7. The largest absolute Gasteiger partial charge is 0.480 e. The van der Waals surface area contributed by atoms with E-state index in [9.17, 15) is 24.9 Å². The van der Waals surface area contributed by atoms with Crippen molar-refractivity contribution in [2.24, 2.45) is 5.73 Å². The molecule has 7 heteroatoms. The molecule has 0 radical (unpaired) electrons.